The zero-order valence-electron chi connectivity index (χ0n) is 5.83. The molecule has 1 aromatic rings. The Morgan fingerprint density at radius 2 is 2.60 bits per heavy atom. The van der Waals surface area contributed by atoms with Crippen LogP contribution in [0, 0.1) is 6.92 Å². The lowest BCUT2D eigenvalue weighted by atomic mass is 10.2. The first-order valence-corrected chi connectivity index (χ1v) is 3.14. The first-order chi connectivity index (χ1) is 4.74. The van der Waals surface area contributed by atoms with Gasteiger partial charge in [0.05, 0.1) is 5.69 Å². The van der Waals surface area contributed by atoms with Crippen molar-refractivity contribution < 1.29 is 5.11 Å². The summed E-state index contributed by atoms with van der Waals surface area (Å²) in [4.78, 5) is 0. The molecule has 0 aromatic carbocycles. The summed E-state index contributed by atoms with van der Waals surface area (Å²) < 4.78 is 0. The third kappa shape index (κ3) is 1.34. The molecule has 0 aliphatic carbocycles. The Labute approximate surface area is 59.1 Å². The normalized spacial score (nSPS) is 13.5. The minimum atomic E-state index is -0.634. The average Bonchev–Trinajstić information content (AvgIpc) is 2.34. The summed E-state index contributed by atoms with van der Waals surface area (Å²) in [6.07, 6.45) is -0.634. The van der Waals surface area contributed by atoms with E-state index in [2.05, 4.69) is 10.2 Å². The number of rotatable bonds is 2. The molecule has 0 saturated heterocycles. The van der Waals surface area contributed by atoms with Gasteiger partial charge in [0.15, 0.2) is 0 Å². The third-order valence-electron chi connectivity index (χ3n) is 1.29. The van der Waals surface area contributed by atoms with Gasteiger partial charge in [-0.25, -0.2) is 0 Å². The predicted molar refractivity (Wildman–Crippen MR) is 37.3 cm³/mol. The van der Waals surface area contributed by atoms with Gasteiger partial charge in [-0.3, -0.25) is 5.10 Å². The highest BCUT2D eigenvalue weighted by atomic mass is 16.3. The van der Waals surface area contributed by atoms with Gasteiger partial charge in [-0.05, 0) is 13.0 Å². The minimum absolute atomic E-state index is 0.213. The molecule has 4 nitrogen and oxygen atoms in total. The van der Waals surface area contributed by atoms with E-state index in [0.29, 0.717) is 5.69 Å². The molecule has 4 heteroatoms. The van der Waals surface area contributed by atoms with Crippen molar-refractivity contribution in [3.8, 4) is 0 Å². The van der Waals surface area contributed by atoms with E-state index in [1.807, 2.05) is 6.92 Å². The maximum absolute atomic E-state index is 9.14. The standard InChI is InChI=1S/C6H11N3O/c1-4-2-5(9-8-4)6(10)3-7/h2,6,10H,3,7H2,1H3,(H,8,9). The summed E-state index contributed by atoms with van der Waals surface area (Å²) in [6, 6.07) is 1.78. The van der Waals surface area contributed by atoms with E-state index in [-0.39, 0.29) is 6.54 Å². The number of nitrogens with two attached hydrogens (primary N) is 1. The quantitative estimate of drug-likeness (QED) is 0.529. The molecule has 0 amide bonds. The molecule has 1 heterocycles. The van der Waals surface area contributed by atoms with Gasteiger partial charge in [-0.2, -0.15) is 5.10 Å². The summed E-state index contributed by atoms with van der Waals surface area (Å²) in [5.74, 6) is 0. The van der Waals surface area contributed by atoms with Crippen molar-refractivity contribution in [2.24, 2.45) is 5.73 Å². The van der Waals surface area contributed by atoms with Crippen LogP contribution in [0.25, 0.3) is 0 Å². The van der Waals surface area contributed by atoms with Crippen molar-refractivity contribution in [3.05, 3.63) is 17.5 Å². The van der Waals surface area contributed by atoms with Crippen LogP contribution in [0.5, 0.6) is 0 Å². The lowest BCUT2D eigenvalue weighted by Gasteiger charge is -2.00. The van der Waals surface area contributed by atoms with E-state index in [4.69, 9.17) is 10.8 Å². The number of aryl methyl sites for hydroxylation is 1. The van der Waals surface area contributed by atoms with Gasteiger partial charge in [-0.15, -0.1) is 0 Å². The molecule has 1 aromatic heterocycles. The Bertz CT molecular complexity index is 209. The zero-order chi connectivity index (χ0) is 7.56. The van der Waals surface area contributed by atoms with E-state index in [9.17, 15) is 0 Å². The number of H-pyrrole nitrogens is 1. The fourth-order valence-corrected chi connectivity index (χ4v) is 0.731. The highest BCUT2D eigenvalue weighted by Gasteiger charge is 2.06. The smallest absolute Gasteiger partial charge is 0.110 e. The maximum Gasteiger partial charge on any atom is 0.110 e. The number of aromatic nitrogens is 2. The number of hydrogen-bond donors (Lipinski definition) is 3. The fourth-order valence-electron chi connectivity index (χ4n) is 0.731. The molecular formula is C6H11N3O. The van der Waals surface area contributed by atoms with E-state index < -0.39 is 6.10 Å². The van der Waals surface area contributed by atoms with Crippen molar-refractivity contribution in [1.29, 1.82) is 0 Å². The fraction of sp³-hybridized carbons (Fsp3) is 0.500. The second-order valence-corrected chi connectivity index (χ2v) is 2.23. The molecule has 0 fully saturated rings. The van der Waals surface area contributed by atoms with Crippen molar-refractivity contribution in [2.45, 2.75) is 13.0 Å². The zero-order valence-corrected chi connectivity index (χ0v) is 5.83. The Morgan fingerprint density at radius 3 is 3.00 bits per heavy atom. The Balaban J connectivity index is 2.74. The Hall–Kier alpha value is -0.870. The molecule has 0 bridgehead atoms. The summed E-state index contributed by atoms with van der Waals surface area (Å²) in [5.41, 5.74) is 6.75. The second kappa shape index (κ2) is 2.81. The van der Waals surface area contributed by atoms with Gasteiger partial charge < -0.3 is 10.8 Å². The van der Waals surface area contributed by atoms with Crippen LogP contribution in [0.4, 0.5) is 0 Å². The summed E-state index contributed by atoms with van der Waals surface area (Å²) in [5, 5.41) is 15.7. The van der Waals surface area contributed by atoms with Crippen molar-refractivity contribution in [2.75, 3.05) is 6.54 Å². The molecule has 1 atom stereocenters. The van der Waals surface area contributed by atoms with Crippen LogP contribution in [-0.4, -0.2) is 21.8 Å². The molecule has 10 heavy (non-hydrogen) atoms. The number of aliphatic hydroxyl groups excluding tert-OH is 1. The van der Waals surface area contributed by atoms with Crippen LogP contribution in [-0.2, 0) is 0 Å². The number of hydrogen-bond acceptors (Lipinski definition) is 3. The van der Waals surface area contributed by atoms with Crippen molar-refractivity contribution in [1.82, 2.24) is 10.2 Å². The van der Waals surface area contributed by atoms with E-state index in [0.717, 1.165) is 5.69 Å². The molecule has 0 aliphatic rings. The SMILES string of the molecule is Cc1cc(C(O)CN)n[nH]1. The van der Waals surface area contributed by atoms with Crippen LogP contribution in [0.3, 0.4) is 0 Å². The summed E-state index contributed by atoms with van der Waals surface area (Å²) in [6.45, 7) is 2.09. The van der Waals surface area contributed by atoms with Crippen molar-refractivity contribution in [3.63, 3.8) is 0 Å². The summed E-state index contributed by atoms with van der Waals surface area (Å²) >= 11 is 0. The minimum Gasteiger partial charge on any atom is -0.385 e. The highest BCUT2D eigenvalue weighted by molar-refractivity contribution is 5.09. The molecule has 1 unspecified atom stereocenters. The maximum atomic E-state index is 9.14. The molecular weight excluding hydrogens is 130 g/mol. The Kier molecular flexibility index (Phi) is 2.03. The average molecular weight is 141 g/mol. The van der Waals surface area contributed by atoms with Crippen LogP contribution in [0.2, 0.25) is 0 Å². The topological polar surface area (TPSA) is 74.9 Å². The van der Waals surface area contributed by atoms with Crippen LogP contribution in [0.15, 0.2) is 6.07 Å². The van der Waals surface area contributed by atoms with Gasteiger partial charge in [-0.1, -0.05) is 0 Å². The lowest BCUT2D eigenvalue weighted by molar-refractivity contribution is 0.182. The number of aromatic amines is 1. The van der Waals surface area contributed by atoms with Crippen molar-refractivity contribution >= 4 is 0 Å². The van der Waals surface area contributed by atoms with E-state index >= 15 is 0 Å². The van der Waals surface area contributed by atoms with Gasteiger partial charge in [0.25, 0.3) is 0 Å². The van der Waals surface area contributed by atoms with Gasteiger partial charge in [0.1, 0.15) is 6.10 Å². The first-order valence-electron chi connectivity index (χ1n) is 3.14. The first kappa shape index (κ1) is 7.24. The van der Waals surface area contributed by atoms with E-state index in [1.165, 1.54) is 0 Å². The van der Waals surface area contributed by atoms with E-state index in [1.54, 1.807) is 6.07 Å². The third-order valence-corrected chi connectivity index (χ3v) is 1.29. The number of nitrogens with one attached hydrogen (secondary N) is 1. The van der Waals surface area contributed by atoms with Crippen LogP contribution < -0.4 is 5.73 Å². The number of nitrogens with zero attached hydrogens (tertiary/aromatic N) is 1. The second-order valence-electron chi connectivity index (χ2n) is 2.23. The van der Waals surface area contributed by atoms with Gasteiger partial charge in [0.2, 0.25) is 0 Å². The molecule has 1 rings (SSSR count). The number of aliphatic hydroxyl groups is 1. The molecule has 0 radical (unpaired) electrons. The van der Waals surface area contributed by atoms with Gasteiger partial charge >= 0.3 is 0 Å². The predicted octanol–water partition coefficient (Wildman–Crippen LogP) is -0.290. The van der Waals surface area contributed by atoms with Gasteiger partial charge in [0, 0.05) is 12.2 Å². The van der Waals surface area contributed by atoms with Crippen LogP contribution >= 0.6 is 0 Å². The molecule has 4 N–H and O–H groups in total. The Morgan fingerprint density at radius 1 is 1.90 bits per heavy atom. The lowest BCUT2D eigenvalue weighted by Crippen LogP contribution is -2.11. The molecule has 0 aliphatic heterocycles. The molecule has 56 valence electrons. The monoisotopic (exact) mass is 141 g/mol. The largest absolute Gasteiger partial charge is 0.385 e. The highest BCUT2D eigenvalue weighted by Crippen LogP contribution is 2.07. The molecule has 0 saturated carbocycles. The van der Waals surface area contributed by atoms with Crippen LogP contribution in [0.1, 0.15) is 17.5 Å². The summed E-state index contributed by atoms with van der Waals surface area (Å²) in [7, 11) is 0. The molecule has 0 spiro atoms.